The first-order chi connectivity index (χ1) is 13.4. The Balaban J connectivity index is 1.98. The first kappa shape index (κ1) is 20.4. The summed E-state index contributed by atoms with van der Waals surface area (Å²) in [4.78, 5) is 15.3. The number of hydrogen-bond donors (Lipinski definition) is 1. The van der Waals surface area contributed by atoms with Crippen molar-refractivity contribution < 1.29 is 14.6 Å². The van der Waals surface area contributed by atoms with Gasteiger partial charge in [0.15, 0.2) is 5.76 Å². The van der Waals surface area contributed by atoms with Crippen LogP contribution in [0.25, 0.3) is 6.08 Å². The third-order valence-corrected chi connectivity index (χ3v) is 5.10. The molecule has 0 fully saturated rings. The van der Waals surface area contributed by atoms with E-state index in [0.717, 1.165) is 37.1 Å². The molecule has 1 heterocycles. The standard InChI is InChI=1S/C23H26ClNO3/c1-4-10-25(11-5-2)14-18-19(26)12-15(3)21-22(27)20(28-23(18)21)13-16-6-8-17(24)9-7-16/h6-9,12-13,26H,4-5,10-11,14H2,1-3H3/b20-13+. The van der Waals surface area contributed by atoms with E-state index in [1.54, 1.807) is 24.3 Å². The summed E-state index contributed by atoms with van der Waals surface area (Å²) in [7, 11) is 0. The summed E-state index contributed by atoms with van der Waals surface area (Å²) in [5, 5.41) is 11.2. The Morgan fingerprint density at radius 1 is 1.14 bits per heavy atom. The highest BCUT2D eigenvalue weighted by molar-refractivity contribution is 6.30. The largest absolute Gasteiger partial charge is 0.507 e. The predicted octanol–water partition coefficient (Wildman–Crippen LogP) is 5.59. The fourth-order valence-electron chi connectivity index (χ4n) is 3.57. The van der Waals surface area contributed by atoms with Gasteiger partial charge in [-0.15, -0.1) is 0 Å². The van der Waals surface area contributed by atoms with E-state index in [2.05, 4.69) is 18.7 Å². The highest BCUT2D eigenvalue weighted by Gasteiger charge is 2.33. The van der Waals surface area contributed by atoms with Crippen molar-refractivity contribution in [2.75, 3.05) is 13.1 Å². The smallest absolute Gasteiger partial charge is 0.232 e. The molecule has 28 heavy (non-hydrogen) atoms. The molecule has 0 saturated heterocycles. The van der Waals surface area contributed by atoms with Gasteiger partial charge in [-0.25, -0.2) is 0 Å². The number of phenolic OH excluding ortho intramolecular Hbond substituents is 1. The molecule has 4 nitrogen and oxygen atoms in total. The van der Waals surface area contributed by atoms with Gasteiger partial charge in [0.05, 0.1) is 11.1 Å². The fraction of sp³-hybridized carbons (Fsp3) is 0.348. The number of aromatic hydroxyl groups is 1. The highest BCUT2D eigenvalue weighted by atomic mass is 35.5. The Kier molecular flexibility index (Phi) is 6.42. The average Bonchev–Trinajstić information content (AvgIpc) is 2.97. The number of carbonyl (C=O) groups is 1. The number of nitrogens with zero attached hydrogens (tertiary/aromatic N) is 1. The lowest BCUT2D eigenvalue weighted by Crippen LogP contribution is -2.25. The number of benzene rings is 2. The summed E-state index contributed by atoms with van der Waals surface area (Å²) < 4.78 is 6.00. The normalized spacial score (nSPS) is 14.6. The molecule has 5 heteroatoms. The van der Waals surface area contributed by atoms with Crippen molar-refractivity contribution in [3.63, 3.8) is 0 Å². The number of phenols is 1. The molecule has 1 aliphatic rings. The molecule has 2 aromatic carbocycles. The molecular formula is C23H26ClNO3. The van der Waals surface area contributed by atoms with E-state index in [0.29, 0.717) is 28.4 Å². The molecule has 1 aliphatic heterocycles. The lowest BCUT2D eigenvalue weighted by molar-refractivity contribution is 0.101. The molecule has 0 aromatic heterocycles. The summed E-state index contributed by atoms with van der Waals surface area (Å²) in [6.07, 6.45) is 3.77. The molecule has 0 saturated carbocycles. The number of hydrogen-bond acceptors (Lipinski definition) is 4. The van der Waals surface area contributed by atoms with Crippen LogP contribution in [0.15, 0.2) is 36.1 Å². The van der Waals surface area contributed by atoms with Crippen molar-refractivity contribution in [2.24, 2.45) is 0 Å². The van der Waals surface area contributed by atoms with Gasteiger partial charge in [-0.1, -0.05) is 37.6 Å². The van der Waals surface area contributed by atoms with Crippen LogP contribution < -0.4 is 4.74 Å². The zero-order valence-electron chi connectivity index (χ0n) is 16.6. The van der Waals surface area contributed by atoms with Gasteiger partial charge < -0.3 is 9.84 Å². The van der Waals surface area contributed by atoms with E-state index in [9.17, 15) is 9.90 Å². The Morgan fingerprint density at radius 2 is 1.79 bits per heavy atom. The van der Waals surface area contributed by atoms with Crippen LogP contribution in [-0.2, 0) is 6.54 Å². The molecule has 148 valence electrons. The molecule has 0 bridgehead atoms. The molecule has 0 amide bonds. The second kappa shape index (κ2) is 8.80. The number of fused-ring (bicyclic) bond motifs is 1. The summed E-state index contributed by atoms with van der Waals surface area (Å²) in [5.41, 5.74) is 2.78. The Labute approximate surface area is 171 Å². The van der Waals surface area contributed by atoms with Gasteiger partial charge in [0, 0.05) is 11.6 Å². The van der Waals surface area contributed by atoms with Crippen molar-refractivity contribution in [2.45, 2.75) is 40.2 Å². The number of allylic oxidation sites excluding steroid dienone is 1. The monoisotopic (exact) mass is 399 g/mol. The molecule has 0 atom stereocenters. The molecule has 2 aromatic rings. The number of Topliss-reactive ketones (excluding diaryl/α,β-unsaturated/α-hetero) is 1. The predicted molar refractivity (Wildman–Crippen MR) is 113 cm³/mol. The summed E-state index contributed by atoms with van der Waals surface area (Å²) in [6.45, 7) is 8.50. The third kappa shape index (κ3) is 4.23. The molecule has 0 radical (unpaired) electrons. The molecule has 0 aliphatic carbocycles. The van der Waals surface area contributed by atoms with Gasteiger partial charge in [0.25, 0.3) is 0 Å². The van der Waals surface area contributed by atoms with Crippen molar-refractivity contribution in [1.29, 1.82) is 0 Å². The highest BCUT2D eigenvalue weighted by Crippen LogP contribution is 2.42. The zero-order chi connectivity index (χ0) is 20.3. The van der Waals surface area contributed by atoms with Crippen molar-refractivity contribution >= 4 is 23.5 Å². The van der Waals surface area contributed by atoms with E-state index in [4.69, 9.17) is 16.3 Å². The van der Waals surface area contributed by atoms with E-state index in [-0.39, 0.29) is 17.3 Å². The number of aryl methyl sites for hydroxylation is 1. The second-order valence-electron chi connectivity index (χ2n) is 7.16. The van der Waals surface area contributed by atoms with Crippen LogP contribution in [0.4, 0.5) is 0 Å². The van der Waals surface area contributed by atoms with E-state index >= 15 is 0 Å². The SMILES string of the molecule is CCCN(CCC)Cc1c(O)cc(C)c2c1O/C(=C/c1ccc(Cl)cc1)C2=O. The zero-order valence-corrected chi connectivity index (χ0v) is 17.3. The number of carbonyl (C=O) groups excluding carboxylic acids is 1. The van der Waals surface area contributed by atoms with Crippen LogP contribution in [0.3, 0.4) is 0 Å². The maximum atomic E-state index is 13.0. The van der Waals surface area contributed by atoms with Gasteiger partial charge in [0.1, 0.15) is 11.5 Å². The van der Waals surface area contributed by atoms with E-state index in [1.165, 1.54) is 0 Å². The minimum Gasteiger partial charge on any atom is -0.507 e. The number of rotatable bonds is 7. The topological polar surface area (TPSA) is 49.8 Å². The lowest BCUT2D eigenvalue weighted by atomic mass is 9.99. The van der Waals surface area contributed by atoms with E-state index < -0.39 is 0 Å². The summed E-state index contributed by atoms with van der Waals surface area (Å²) in [6, 6.07) is 8.89. The van der Waals surface area contributed by atoms with Gasteiger partial charge in [-0.05, 0) is 68.3 Å². The van der Waals surface area contributed by atoms with Crippen LogP contribution >= 0.6 is 11.6 Å². The number of halogens is 1. The van der Waals surface area contributed by atoms with Crippen molar-refractivity contribution in [3.8, 4) is 11.5 Å². The van der Waals surface area contributed by atoms with Gasteiger partial charge in [0.2, 0.25) is 5.78 Å². The van der Waals surface area contributed by atoms with Crippen LogP contribution in [-0.4, -0.2) is 28.9 Å². The Hall–Kier alpha value is -2.30. The van der Waals surface area contributed by atoms with Crippen molar-refractivity contribution in [3.05, 3.63) is 63.4 Å². The first-order valence-corrected chi connectivity index (χ1v) is 10.1. The molecule has 1 N–H and O–H groups in total. The van der Waals surface area contributed by atoms with Gasteiger partial charge >= 0.3 is 0 Å². The Morgan fingerprint density at radius 3 is 2.39 bits per heavy atom. The van der Waals surface area contributed by atoms with Crippen LogP contribution in [0.5, 0.6) is 11.5 Å². The Bertz CT molecular complexity index is 897. The van der Waals surface area contributed by atoms with Gasteiger partial charge in [-0.3, -0.25) is 9.69 Å². The van der Waals surface area contributed by atoms with Gasteiger partial charge in [-0.2, -0.15) is 0 Å². The van der Waals surface area contributed by atoms with E-state index in [1.807, 2.05) is 19.1 Å². The molecule has 3 rings (SSSR count). The van der Waals surface area contributed by atoms with Crippen LogP contribution in [0, 0.1) is 6.92 Å². The average molecular weight is 400 g/mol. The lowest BCUT2D eigenvalue weighted by Gasteiger charge is -2.22. The quantitative estimate of drug-likeness (QED) is 0.616. The maximum Gasteiger partial charge on any atom is 0.232 e. The molecular weight excluding hydrogens is 374 g/mol. The minimum absolute atomic E-state index is 0.152. The van der Waals surface area contributed by atoms with Crippen LogP contribution in [0.1, 0.15) is 53.7 Å². The number of ketones is 1. The molecule has 0 unspecified atom stereocenters. The second-order valence-corrected chi connectivity index (χ2v) is 7.60. The summed E-state index contributed by atoms with van der Waals surface area (Å²) in [5.74, 6) is 0.778. The summed E-state index contributed by atoms with van der Waals surface area (Å²) >= 11 is 5.94. The minimum atomic E-state index is -0.152. The third-order valence-electron chi connectivity index (χ3n) is 4.85. The fourth-order valence-corrected chi connectivity index (χ4v) is 3.70. The van der Waals surface area contributed by atoms with Crippen LogP contribution in [0.2, 0.25) is 5.02 Å². The molecule has 0 spiro atoms. The number of ether oxygens (including phenoxy) is 1. The van der Waals surface area contributed by atoms with Crippen molar-refractivity contribution in [1.82, 2.24) is 4.90 Å². The first-order valence-electron chi connectivity index (χ1n) is 9.72. The maximum absolute atomic E-state index is 13.0.